The van der Waals surface area contributed by atoms with Crippen LogP contribution in [0.3, 0.4) is 0 Å². The van der Waals surface area contributed by atoms with Crippen molar-refractivity contribution in [3.8, 4) is 0 Å². The summed E-state index contributed by atoms with van der Waals surface area (Å²) in [6, 6.07) is 8.89. The maximum atomic E-state index is 2.31. The Balaban J connectivity index is 2.77. The molecule has 0 fully saturated rings. The molecule has 0 heterocycles. The van der Waals surface area contributed by atoms with Crippen molar-refractivity contribution in [3.05, 3.63) is 35.4 Å². The summed E-state index contributed by atoms with van der Waals surface area (Å²) < 4.78 is 0. The molecule has 0 aliphatic rings. The Morgan fingerprint density at radius 3 is 1.67 bits per heavy atom. The Labute approximate surface area is 87.5 Å². The van der Waals surface area contributed by atoms with Gasteiger partial charge < -0.3 is 0 Å². The van der Waals surface area contributed by atoms with Gasteiger partial charge in [-0.3, -0.25) is 0 Å². The molecule has 0 amide bonds. The third kappa shape index (κ3) is 2.95. The third-order valence-electron chi connectivity index (χ3n) is 1.72. The molecule has 0 bridgehead atoms. The van der Waals surface area contributed by atoms with E-state index in [-0.39, 0.29) is 0 Å². The van der Waals surface area contributed by atoms with Gasteiger partial charge in [0.15, 0.2) is 0 Å². The van der Waals surface area contributed by atoms with Gasteiger partial charge in [0.2, 0.25) is 0 Å². The minimum atomic E-state index is 0.775. The van der Waals surface area contributed by atoms with Crippen molar-refractivity contribution < 1.29 is 0 Å². The summed E-state index contributed by atoms with van der Waals surface area (Å²) >= 11 is 1.55. The van der Waals surface area contributed by atoms with E-state index in [0.29, 0.717) is 0 Å². The Morgan fingerprint density at radius 1 is 0.917 bits per heavy atom. The zero-order valence-electron chi connectivity index (χ0n) is 7.54. The predicted molar refractivity (Wildman–Crippen MR) is 57.1 cm³/mol. The summed E-state index contributed by atoms with van der Waals surface area (Å²) in [7, 11) is 0. The molecule has 0 spiro atoms. The van der Waals surface area contributed by atoms with Gasteiger partial charge in [0.1, 0.15) is 0 Å². The molecule has 1 rings (SSSR count). The van der Waals surface area contributed by atoms with Crippen molar-refractivity contribution >= 4 is 29.9 Å². The zero-order chi connectivity index (χ0) is 8.81. The molecular weight excluding hydrogens is 278 g/mol. The molecule has 0 saturated heterocycles. The van der Waals surface area contributed by atoms with E-state index in [9.17, 15) is 0 Å². The van der Waals surface area contributed by atoms with Gasteiger partial charge in [-0.25, -0.2) is 0 Å². The number of hydrogen-bond acceptors (Lipinski definition) is 0. The first kappa shape index (κ1) is 10.3. The van der Waals surface area contributed by atoms with Crippen LogP contribution in [0.25, 0.3) is 0 Å². The average molecular weight is 292 g/mol. The standard InChI is InChI=1S/C10H14Se2/c1-11-7-9-5-3-4-6-10(9)8-12-2/h3-6H,7-8H2,1-2H3. The van der Waals surface area contributed by atoms with E-state index < -0.39 is 0 Å². The fourth-order valence-corrected chi connectivity index (χ4v) is 3.64. The van der Waals surface area contributed by atoms with Crippen LogP contribution in [-0.4, -0.2) is 29.9 Å². The van der Waals surface area contributed by atoms with E-state index in [1.165, 1.54) is 10.6 Å². The fourth-order valence-electron chi connectivity index (χ4n) is 1.15. The number of rotatable bonds is 4. The van der Waals surface area contributed by atoms with Crippen LogP contribution in [0.5, 0.6) is 0 Å². The molecule has 1 aromatic rings. The van der Waals surface area contributed by atoms with Crippen molar-refractivity contribution in [2.24, 2.45) is 0 Å². The molecule has 0 unspecified atom stereocenters. The SMILES string of the molecule is C[Se]Cc1ccccc1C[Se]C. The summed E-state index contributed by atoms with van der Waals surface area (Å²) in [6.45, 7) is 0. The van der Waals surface area contributed by atoms with E-state index in [2.05, 4.69) is 35.9 Å². The maximum absolute atomic E-state index is 2.31. The average Bonchev–Trinajstić information content (AvgIpc) is 2.09. The normalized spacial score (nSPS) is 10.2. The van der Waals surface area contributed by atoms with Crippen LogP contribution in [-0.2, 0) is 10.6 Å². The van der Waals surface area contributed by atoms with E-state index in [4.69, 9.17) is 0 Å². The van der Waals surface area contributed by atoms with E-state index in [0.717, 1.165) is 29.9 Å². The molecule has 2 heteroatoms. The van der Waals surface area contributed by atoms with Crippen molar-refractivity contribution in [1.82, 2.24) is 0 Å². The molecule has 0 aromatic heterocycles. The molecule has 12 heavy (non-hydrogen) atoms. The zero-order valence-corrected chi connectivity index (χ0v) is 11.0. The van der Waals surface area contributed by atoms with Crippen molar-refractivity contribution in [2.75, 3.05) is 0 Å². The van der Waals surface area contributed by atoms with Crippen LogP contribution < -0.4 is 0 Å². The first-order chi connectivity index (χ1) is 5.88. The Bertz CT molecular complexity index is 208. The fraction of sp³-hybridized carbons (Fsp3) is 0.400. The molecule has 0 radical (unpaired) electrons. The number of benzene rings is 1. The minimum absolute atomic E-state index is 0.775. The first-order valence-electron chi connectivity index (χ1n) is 3.93. The second-order valence-corrected chi connectivity index (χ2v) is 6.27. The summed E-state index contributed by atoms with van der Waals surface area (Å²) in [5.74, 6) is 4.61. The van der Waals surface area contributed by atoms with Gasteiger partial charge in [0, 0.05) is 0 Å². The molecule has 66 valence electrons. The molecule has 0 atom stereocenters. The van der Waals surface area contributed by atoms with Gasteiger partial charge in [0.25, 0.3) is 0 Å². The van der Waals surface area contributed by atoms with Gasteiger partial charge in [-0.05, 0) is 0 Å². The van der Waals surface area contributed by atoms with Crippen LogP contribution in [0.1, 0.15) is 11.1 Å². The van der Waals surface area contributed by atoms with Crippen LogP contribution in [0.15, 0.2) is 24.3 Å². The van der Waals surface area contributed by atoms with Gasteiger partial charge in [0.05, 0.1) is 0 Å². The molecule has 0 nitrogen and oxygen atoms in total. The third-order valence-corrected chi connectivity index (χ3v) is 4.23. The molecule has 0 saturated carbocycles. The first-order valence-corrected chi connectivity index (χ1v) is 9.78. The molecular formula is C10H14Se2. The summed E-state index contributed by atoms with van der Waals surface area (Å²) in [5, 5.41) is 2.61. The predicted octanol–water partition coefficient (Wildman–Crippen LogP) is 2.19. The topological polar surface area (TPSA) is 0 Å². The molecule has 0 aliphatic heterocycles. The van der Waals surface area contributed by atoms with E-state index in [1.807, 2.05) is 0 Å². The van der Waals surface area contributed by atoms with Crippen LogP contribution in [0, 0.1) is 0 Å². The van der Waals surface area contributed by atoms with Gasteiger partial charge in [-0.1, -0.05) is 0 Å². The van der Waals surface area contributed by atoms with Gasteiger partial charge in [-0.2, -0.15) is 0 Å². The van der Waals surface area contributed by atoms with Crippen LogP contribution >= 0.6 is 0 Å². The van der Waals surface area contributed by atoms with E-state index in [1.54, 1.807) is 11.1 Å². The van der Waals surface area contributed by atoms with Crippen LogP contribution in [0.4, 0.5) is 0 Å². The van der Waals surface area contributed by atoms with Crippen LogP contribution in [0.2, 0.25) is 11.6 Å². The van der Waals surface area contributed by atoms with E-state index >= 15 is 0 Å². The Morgan fingerprint density at radius 2 is 1.33 bits per heavy atom. The van der Waals surface area contributed by atoms with Crippen molar-refractivity contribution in [1.29, 1.82) is 0 Å². The molecule has 0 aliphatic carbocycles. The van der Waals surface area contributed by atoms with Crippen molar-refractivity contribution in [3.63, 3.8) is 0 Å². The summed E-state index contributed by atoms with van der Waals surface area (Å²) in [5.41, 5.74) is 3.17. The van der Waals surface area contributed by atoms with Gasteiger partial charge >= 0.3 is 87.6 Å². The van der Waals surface area contributed by atoms with Gasteiger partial charge in [-0.15, -0.1) is 0 Å². The summed E-state index contributed by atoms with van der Waals surface area (Å²) in [6.07, 6.45) is 0. The molecule has 0 N–H and O–H groups in total. The second-order valence-electron chi connectivity index (χ2n) is 2.63. The Hall–Kier alpha value is 0.259. The Kier molecular flexibility index (Phi) is 5.02. The van der Waals surface area contributed by atoms with Crippen molar-refractivity contribution in [2.45, 2.75) is 22.3 Å². The second kappa shape index (κ2) is 5.83. The quantitative estimate of drug-likeness (QED) is 0.746. The summed E-state index contributed by atoms with van der Waals surface area (Å²) in [4.78, 5) is 0. The number of hydrogen-bond donors (Lipinski definition) is 0. The monoisotopic (exact) mass is 294 g/mol. The molecule has 1 aromatic carbocycles.